The molecule has 1 aliphatic rings. The fourth-order valence-electron chi connectivity index (χ4n) is 1.21. The van der Waals surface area contributed by atoms with Gasteiger partial charge in [0.2, 0.25) is 0 Å². The van der Waals surface area contributed by atoms with Crippen LogP contribution < -0.4 is 10.6 Å². The van der Waals surface area contributed by atoms with Gasteiger partial charge in [-0.2, -0.15) is 0 Å². The van der Waals surface area contributed by atoms with E-state index in [2.05, 4.69) is 20.4 Å². The summed E-state index contributed by atoms with van der Waals surface area (Å²) in [6.07, 6.45) is -1.12. The number of nitrogens with one attached hydrogen (secondary N) is 2. The first-order valence-corrected chi connectivity index (χ1v) is 4.71. The van der Waals surface area contributed by atoms with E-state index in [1.165, 1.54) is 0 Å². The van der Waals surface area contributed by atoms with E-state index in [9.17, 15) is 9.59 Å². The lowest BCUT2D eigenvalue weighted by molar-refractivity contribution is -0.234. The van der Waals surface area contributed by atoms with Crippen LogP contribution in [0.5, 0.6) is 0 Å². The minimum Gasteiger partial charge on any atom is -0.392 e. The molecule has 1 saturated heterocycles. The fraction of sp³-hybridized carbons (Fsp3) is 0.750. The second kappa shape index (κ2) is 5.52. The molecular weight excluding hydrogens is 204 g/mol. The summed E-state index contributed by atoms with van der Waals surface area (Å²) in [5.41, 5.74) is 0. The maximum absolute atomic E-state index is 11.2. The Morgan fingerprint density at radius 2 is 2.27 bits per heavy atom. The van der Waals surface area contributed by atoms with E-state index in [1.54, 1.807) is 6.92 Å². The highest BCUT2D eigenvalue weighted by atomic mass is 17.2. The van der Waals surface area contributed by atoms with Gasteiger partial charge in [0, 0.05) is 19.5 Å². The Kier molecular flexibility index (Phi) is 4.32. The van der Waals surface area contributed by atoms with Crippen LogP contribution in [-0.4, -0.2) is 42.4 Å². The van der Waals surface area contributed by atoms with Gasteiger partial charge in [-0.3, -0.25) is 0 Å². The van der Waals surface area contributed by atoms with E-state index in [-0.39, 0.29) is 6.42 Å². The van der Waals surface area contributed by atoms with Crippen molar-refractivity contribution in [2.24, 2.45) is 0 Å². The van der Waals surface area contributed by atoms with Gasteiger partial charge in [0.1, 0.15) is 6.04 Å². The van der Waals surface area contributed by atoms with Crippen LogP contribution in [0.4, 0.5) is 4.79 Å². The van der Waals surface area contributed by atoms with Crippen LogP contribution in [0.3, 0.4) is 0 Å². The first kappa shape index (κ1) is 11.7. The molecule has 1 heterocycles. The van der Waals surface area contributed by atoms with Gasteiger partial charge in [0.15, 0.2) is 0 Å². The summed E-state index contributed by atoms with van der Waals surface area (Å²) in [6.45, 7) is 2.43. The molecule has 1 amide bonds. The number of β-amino-alcohol motifs (C(OH)–C–C–N with tert-alkyl or cyclic N) is 1. The lowest BCUT2D eigenvalue weighted by Gasteiger charge is -2.07. The Balaban J connectivity index is 2.21. The lowest BCUT2D eigenvalue weighted by Crippen LogP contribution is -2.34. The minimum absolute atomic E-state index is 0.261. The third kappa shape index (κ3) is 3.72. The highest BCUT2D eigenvalue weighted by molar-refractivity contribution is 5.77. The van der Waals surface area contributed by atoms with Gasteiger partial charge >= 0.3 is 12.1 Å². The summed E-state index contributed by atoms with van der Waals surface area (Å²) in [5.74, 6) is -0.710. The number of rotatable bonds is 2. The minimum atomic E-state index is -0.815. The van der Waals surface area contributed by atoms with Crippen molar-refractivity contribution >= 4 is 12.1 Å². The lowest BCUT2D eigenvalue weighted by atomic mass is 10.2. The van der Waals surface area contributed by atoms with Gasteiger partial charge in [0.25, 0.3) is 0 Å². The quantitative estimate of drug-likeness (QED) is 0.402. The van der Waals surface area contributed by atoms with Gasteiger partial charge in [0.05, 0.1) is 6.10 Å². The Morgan fingerprint density at radius 3 is 2.80 bits per heavy atom. The average molecular weight is 218 g/mol. The average Bonchev–Trinajstić information content (AvgIpc) is 2.62. The van der Waals surface area contributed by atoms with E-state index in [1.807, 2.05) is 0 Å². The van der Waals surface area contributed by atoms with Crippen LogP contribution >= 0.6 is 0 Å². The van der Waals surface area contributed by atoms with Crippen LogP contribution in [0.25, 0.3) is 0 Å². The predicted molar refractivity (Wildman–Crippen MR) is 48.7 cm³/mol. The van der Waals surface area contributed by atoms with Crippen LogP contribution in [0.2, 0.25) is 0 Å². The molecule has 0 unspecified atom stereocenters. The van der Waals surface area contributed by atoms with E-state index in [4.69, 9.17) is 5.11 Å². The molecule has 2 atom stereocenters. The number of hydrogen-bond donors (Lipinski definition) is 3. The number of carbonyl (C=O) groups is 2. The maximum atomic E-state index is 11.2. The topological polar surface area (TPSA) is 96.9 Å². The molecule has 3 N–H and O–H groups in total. The highest BCUT2D eigenvalue weighted by Gasteiger charge is 2.30. The van der Waals surface area contributed by atoms with Crippen LogP contribution in [0.15, 0.2) is 0 Å². The molecule has 0 aromatic rings. The van der Waals surface area contributed by atoms with Gasteiger partial charge in [-0.1, -0.05) is 0 Å². The van der Waals surface area contributed by atoms with Crippen molar-refractivity contribution in [3.05, 3.63) is 0 Å². The Bertz CT molecular complexity index is 245. The zero-order chi connectivity index (χ0) is 11.3. The molecule has 0 spiro atoms. The number of amides is 1. The van der Waals surface area contributed by atoms with Crippen molar-refractivity contribution in [1.29, 1.82) is 0 Å². The molecule has 86 valence electrons. The predicted octanol–water partition coefficient (Wildman–Crippen LogP) is -1.09. The molecule has 15 heavy (non-hydrogen) atoms. The number of aliphatic hydroxyl groups is 1. The molecule has 1 rings (SSSR count). The zero-order valence-electron chi connectivity index (χ0n) is 8.36. The van der Waals surface area contributed by atoms with E-state index < -0.39 is 24.2 Å². The van der Waals surface area contributed by atoms with Gasteiger partial charge < -0.3 is 15.7 Å². The summed E-state index contributed by atoms with van der Waals surface area (Å²) in [6, 6.07) is -0.616. The van der Waals surface area contributed by atoms with Crippen LogP contribution in [0.1, 0.15) is 13.3 Å². The van der Waals surface area contributed by atoms with Crippen molar-refractivity contribution in [3.8, 4) is 0 Å². The number of aliphatic hydroxyl groups excluding tert-OH is 1. The second-order valence-electron chi connectivity index (χ2n) is 3.15. The molecule has 0 aromatic heterocycles. The number of hydrogen-bond acceptors (Lipinski definition) is 6. The molecule has 0 aliphatic carbocycles. The first-order chi connectivity index (χ1) is 7.13. The standard InChI is InChI=1S/C8H14N2O5/c1-2-9-8(13)15-14-7(12)6-3-5(11)4-10-6/h5-6,10-11H,2-4H2,1H3,(H,9,13)/t5-,6-/m1/s1. The molecule has 0 saturated carbocycles. The monoisotopic (exact) mass is 218 g/mol. The zero-order valence-corrected chi connectivity index (χ0v) is 8.36. The van der Waals surface area contributed by atoms with Crippen LogP contribution in [0, 0.1) is 0 Å². The fourth-order valence-corrected chi connectivity index (χ4v) is 1.21. The molecule has 1 fully saturated rings. The smallest absolute Gasteiger partial charge is 0.392 e. The van der Waals surface area contributed by atoms with Gasteiger partial charge in [-0.15, -0.1) is 0 Å². The van der Waals surface area contributed by atoms with Gasteiger partial charge in [-0.25, -0.2) is 19.4 Å². The molecule has 0 aromatic carbocycles. The van der Waals surface area contributed by atoms with Crippen molar-refractivity contribution in [3.63, 3.8) is 0 Å². The molecular formula is C8H14N2O5. The summed E-state index contributed by atoms with van der Waals surface area (Å²) < 4.78 is 0. The van der Waals surface area contributed by atoms with Crippen molar-refractivity contribution in [2.45, 2.75) is 25.5 Å². The highest BCUT2D eigenvalue weighted by Crippen LogP contribution is 2.07. The molecule has 0 bridgehead atoms. The van der Waals surface area contributed by atoms with Crippen molar-refractivity contribution in [2.75, 3.05) is 13.1 Å². The molecule has 0 radical (unpaired) electrons. The van der Waals surface area contributed by atoms with Crippen LogP contribution in [-0.2, 0) is 14.6 Å². The largest absolute Gasteiger partial charge is 0.450 e. The Labute approximate surface area is 86.7 Å². The summed E-state index contributed by atoms with van der Waals surface area (Å²) >= 11 is 0. The first-order valence-electron chi connectivity index (χ1n) is 4.71. The normalized spacial score (nSPS) is 24.7. The summed E-state index contributed by atoms with van der Waals surface area (Å²) in [7, 11) is 0. The molecule has 7 nitrogen and oxygen atoms in total. The third-order valence-electron chi connectivity index (χ3n) is 1.91. The van der Waals surface area contributed by atoms with Crippen molar-refractivity contribution in [1.82, 2.24) is 10.6 Å². The van der Waals surface area contributed by atoms with E-state index in [0.29, 0.717) is 13.1 Å². The van der Waals surface area contributed by atoms with E-state index >= 15 is 0 Å². The van der Waals surface area contributed by atoms with Crippen molar-refractivity contribution < 1.29 is 24.5 Å². The maximum Gasteiger partial charge on any atom is 0.450 e. The Hall–Kier alpha value is -1.34. The summed E-state index contributed by atoms with van der Waals surface area (Å²) in [4.78, 5) is 30.4. The molecule has 1 aliphatic heterocycles. The van der Waals surface area contributed by atoms with Gasteiger partial charge in [-0.05, 0) is 6.92 Å². The SMILES string of the molecule is CCNC(=O)OOC(=O)[C@H]1C[C@@H](O)CN1. The Morgan fingerprint density at radius 1 is 1.53 bits per heavy atom. The van der Waals surface area contributed by atoms with E-state index in [0.717, 1.165) is 0 Å². The number of carbonyl (C=O) groups excluding carboxylic acids is 2. The summed E-state index contributed by atoms with van der Waals surface area (Å²) in [5, 5.41) is 14.1. The molecule has 7 heteroatoms. The third-order valence-corrected chi connectivity index (χ3v) is 1.91. The second-order valence-corrected chi connectivity index (χ2v) is 3.15.